The molecule has 3 aromatic heterocycles. The van der Waals surface area contributed by atoms with Crippen molar-refractivity contribution in [2.45, 2.75) is 18.9 Å². The Bertz CT molecular complexity index is 1600. The number of pyridine rings is 1. The zero-order valence-electron chi connectivity index (χ0n) is 23.0. The smallest absolute Gasteiger partial charge is 0.475 e. The van der Waals surface area contributed by atoms with Crippen molar-refractivity contribution in [3.05, 3.63) is 66.9 Å². The first-order chi connectivity index (χ1) is 21.2. The number of carboxylic acids is 2. The molecule has 45 heavy (non-hydrogen) atoms. The van der Waals surface area contributed by atoms with Crippen LogP contribution in [0.5, 0.6) is 11.5 Å². The molecule has 6 rings (SSSR count). The number of benzene rings is 1. The number of anilines is 1. The Morgan fingerprint density at radius 1 is 0.822 bits per heavy atom. The Balaban J connectivity index is 0.000000277. The largest absolute Gasteiger partial charge is 0.490 e. The fourth-order valence-electron chi connectivity index (χ4n) is 4.28. The van der Waals surface area contributed by atoms with Crippen molar-refractivity contribution in [1.82, 2.24) is 24.3 Å². The molecular weight excluding hydrogens is 618 g/mol. The first kappa shape index (κ1) is 32.8. The average Bonchev–Trinajstić information content (AvgIpc) is 3.65. The second kappa shape index (κ2) is 13.7. The Labute approximate surface area is 250 Å². The number of ether oxygens (including phenoxy) is 2. The van der Waals surface area contributed by atoms with Crippen molar-refractivity contribution in [2.75, 3.05) is 37.9 Å². The van der Waals surface area contributed by atoms with E-state index >= 15 is 0 Å². The third kappa shape index (κ3) is 8.49. The molecule has 0 atom stereocenters. The summed E-state index contributed by atoms with van der Waals surface area (Å²) in [4.78, 5) is 36.0. The third-order valence-electron chi connectivity index (χ3n) is 6.39. The molecule has 0 bridgehead atoms. The molecular formula is C27H24F6N6O6. The molecule has 1 fully saturated rings. The number of carboxylic acid groups (broad SMARTS) is 2. The van der Waals surface area contributed by atoms with Gasteiger partial charge in [-0.3, -0.25) is 14.3 Å². The quantitative estimate of drug-likeness (QED) is 0.311. The summed E-state index contributed by atoms with van der Waals surface area (Å²) in [7, 11) is 0. The maximum Gasteiger partial charge on any atom is 0.490 e. The van der Waals surface area contributed by atoms with Gasteiger partial charge >= 0.3 is 24.3 Å². The molecule has 12 nitrogen and oxygen atoms in total. The van der Waals surface area contributed by atoms with Crippen LogP contribution in [0, 0.1) is 0 Å². The van der Waals surface area contributed by atoms with Gasteiger partial charge < -0.3 is 24.6 Å². The highest BCUT2D eigenvalue weighted by Gasteiger charge is 2.38. The van der Waals surface area contributed by atoms with E-state index in [4.69, 9.17) is 29.3 Å². The highest BCUT2D eigenvalue weighted by Crippen LogP contribution is 2.33. The molecule has 4 aromatic rings. The molecule has 2 N–H and O–H groups in total. The van der Waals surface area contributed by atoms with Gasteiger partial charge in [0.25, 0.3) is 0 Å². The standard InChI is InChI=1S/C23H22N6O2.2C2HF3O2/c1-2-20-21(31-16-30-20)13-17(1)15-27-9-11-28(12-10-27)22-23-26-14-19(29(23)8-7-25-22)18-3-5-24-6-4-18;2*3-2(4,5)1(6)7/h1-8,13-14H,9-12,15-16H2;2*(H,6,7). The van der Waals surface area contributed by atoms with E-state index in [-0.39, 0.29) is 0 Å². The number of rotatable bonds is 4. The van der Waals surface area contributed by atoms with Crippen LogP contribution >= 0.6 is 0 Å². The van der Waals surface area contributed by atoms with Crippen molar-refractivity contribution in [3.63, 3.8) is 0 Å². The Hall–Kier alpha value is -5.13. The maximum absolute atomic E-state index is 10.6. The molecule has 0 unspecified atom stereocenters. The zero-order chi connectivity index (χ0) is 32.8. The van der Waals surface area contributed by atoms with Gasteiger partial charge in [0.15, 0.2) is 23.0 Å². The van der Waals surface area contributed by atoms with Crippen LogP contribution in [0.15, 0.2) is 61.3 Å². The monoisotopic (exact) mass is 642 g/mol. The molecule has 2 aliphatic rings. The first-order valence-corrected chi connectivity index (χ1v) is 12.9. The van der Waals surface area contributed by atoms with Crippen LogP contribution in [0.25, 0.3) is 16.9 Å². The fourth-order valence-corrected chi connectivity index (χ4v) is 4.28. The predicted octanol–water partition coefficient (Wildman–Crippen LogP) is 4.11. The minimum absolute atomic E-state index is 0.312. The molecule has 0 aliphatic carbocycles. The topological polar surface area (TPSA) is 143 Å². The van der Waals surface area contributed by atoms with Crippen molar-refractivity contribution in [3.8, 4) is 22.8 Å². The number of carbonyl (C=O) groups is 2. The predicted molar refractivity (Wildman–Crippen MR) is 144 cm³/mol. The molecule has 18 heteroatoms. The van der Waals surface area contributed by atoms with E-state index in [9.17, 15) is 26.3 Å². The Morgan fingerprint density at radius 2 is 1.42 bits per heavy atom. The average molecular weight is 643 g/mol. The molecule has 1 aromatic carbocycles. The Morgan fingerprint density at radius 3 is 2.02 bits per heavy atom. The summed E-state index contributed by atoms with van der Waals surface area (Å²) < 4.78 is 76.5. The van der Waals surface area contributed by atoms with E-state index in [0.717, 1.165) is 66.9 Å². The number of imidazole rings is 1. The van der Waals surface area contributed by atoms with Crippen molar-refractivity contribution in [1.29, 1.82) is 0 Å². The number of nitrogens with zero attached hydrogens (tertiary/aromatic N) is 6. The number of fused-ring (bicyclic) bond motifs is 2. The van der Waals surface area contributed by atoms with Crippen LogP contribution in [0.1, 0.15) is 5.56 Å². The SMILES string of the molecule is O=C(O)C(F)(F)F.O=C(O)C(F)(F)F.c1cc(-c2cnc3c(N4CCN(Cc5ccc6c(c5)OCO6)CC4)nccn23)ccn1. The fraction of sp³-hybridized carbons (Fsp3) is 0.296. The lowest BCUT2D eigenvalue weighted by Crippen LogP contribution is -2.46. The summed E-state index contributed by atoms with van der Waals surface area (Å²) >= 11 is 0. The van der Waals surface area contributed by atoms with Crippen LogP contribution in [0.3, 0.4) is 0 Å². The molecule has 2 aliphatic heterocycles. The molecule has 1 saturated heterocycles. The molecule has 0 spiro atoms. The summed E-state index contributed by atoms with van der Waals surface area (Å²) in [5.74, 6) is -2.90. The second-order valence-electron chi connectivity index (χ2n) is 9.38. The van der Waals surface area contributed by atoms with Crippen LogP contribution < -0.4 is 14.4 Å². The third-order valence-corrected chi connectivity index (χ3v) is 6.39. The summed E-state index contributed by atoms with van der Waals surface area (Å²) in [6, 6.07) is 10.2. The summed E-state index contributed by atoms with van der Waals surface area (Å²) in [5.41, 5.74) is 4.27. The normalized spacial score (nSPS) is 14.7. The maximum atomic E-state index is 10.6. The van der Waals surface area contributed by atoms with Gasteiger partial charge in [-0.15, -0.1) is 0 Å². The summed E-state index contributed by atoms with van der Waals surface area (Å²) in [5, 5.41) is 14.2. The van der Waals surface area contributed by atoms with Gasteiger partial charge in [-0.05, 0) is 29.8 Å². The van der Waals surface area contributed by atoms with Crippen LogP contribution in [0.4, 0.5) is 32.2 Å². The second-order valence-corrected chi connectivity index (χ2v) is 9.38. The van der Waals surface area contributed by atoms with Gasteiger partial charge in [0, 0.05) is 63.1 Å². The number of hydrogen-bond acceptors (Lipinski definition) is 9. The van der Waals surface area contributed by atoms with Crippen molar-refractivity contribution >= 4 is 23.4 Å². The van der Waals surface area contributed by atoms with E-state index in [1.54, 1.807) is 12.4 Å². The zero-order valence-corrected chi connectivity index (χ0v) is 23.0. The van der Waals surface area contributed by atoms with Crippen LogP contribution in [0.2, 0.25) is 0 Å². The number of alkyl halides is 6. The van der Waals surface area contributed by atoms with Crippen molar-refractivity contribution < 1.29 is 55.6 Å². The number of piperazine rings is 1. The summed E-state index contributed by atoms with van der Waals surface area (Å²) in [6.45, 7) is 4.97. The molecule has 5 heterocycles. The van der Waals surface area contributed by atoms with Gasteiger partial charge in [0.1, 0.15) is 0 Å². The molecule has 0 radical (unpaired) electrons. The van der Waals surface area contributed by atoms with E-state index in [1.165, 1.54) is 5.56 Å². The number of aromatic nitrogens is 4. The van der Waals surface area contributed by atoms with E-state index in [1.807, 2.05) is 36.8 Å². The number of aliphatic carboxylic acids is 2. The van der Waals surface area contributed by atoms with E-state index in [2.05, 4.69) is 41.3 Å². The number of hydrogen-bond donors (Lipinski definition) is 2. The minimum atomic E-state index is -5.08. The minimum Gasteiger partial charge on any atom is -0.475 e. The molecule has 0 saturated carbocycles. The molecule has 240 valence electrons. The van der Waals surface area contributed by atoms with Gasteiger partial charge in [0.2, 0.25) is 6.79 Å². The van der Waals surface area contributed by atoms with E-state index < -0.39 is 24.3 Å². The molecule has 0 amide bonds. The van der Waals surface area contributed by atoms with Gasteiger partial charge in [-0.2, -0.15) is 26.3 Å². The highest BCUT2D eigenvalue weighted by molar-refractivity contribution is 5.73. The lowest BCUT2D eigenvalue weighted by Gasteiger charge is -2.35. The van der Waals surface area contributed by atoms with Crippen LogP contribution in [-0.2, 0) is 16.1 Å². The van der Waals surface area contributed by atoms with Gasteiger partial charge in [0.05, 0.1) is 11.9 Å². The lowest BCUT2D eigenvalue weighted by molar-refractivity contribution is -0.193. The van der Waals surface area contributed by atoms with Crippen LogP contribution in [-0.4, -0.2) is 91.7 Å². The van der Waals surface area contributed by atoms with Crippen molar-refractivity contribution in [2.24, 2.45) is 0 Å². The highest BCUT2D eigenvalue weighted by atomic mass is 19.4. The Kier molecular flexibility index (Phi) is 9.95. The van der Waals surface area contributed by atoms with Gasteiger partial charge in [-0.25, -0.2) is 19.6 Å². The van der Waals surface area contributed by atoms with Gasteiger partial charge in [-0.1, -0.05) is 6.07 Å². The first-order valence-electron chi connectivity index (χ1n) is 12.9. The lowest BCUT2D eigenvalue weighted by atomic mass is 10.1. The van der Waals surface area contributed by atoms with E-state index in [0.29, 0.717) is 6.79 Å². The summed E-state index contributed by atoms with van der Waals surface area (Å²) in [6.07, 6.45) is -0.830. The number of halogens is 6.